The maximum absolute atomic E-state index is 3.58. The Bertz CT molecular complexity index is 534. The van der Waals surface area contributed by atoms with Crippen LogP contribution in [0.15, 0.2) is 54.6 Å². The number of benzene rings is 2. The van der Waals surface area contributed by atoms with Crippen LogP contribution in [-0.4, -0.2) is 12.1 Å². The molecule has 0 aliphatic rings. The highest BCUT2D eigenvalue weighted by Crippen LogP contribution is 2.20. The molecule has 1 nitrogen and oxygen atoms in total. The lowest BCUT2D eigenvalue weighted by Crippen LogP contribution is -2.38. The molecule has 0 aliphatic carbocycles. The topological polar surface area (TPSA) is 12.0 Å². The molecule has 0 aliphatic heterocycles. The SMILES string of the molecule is CC(CNC(C)(C)C)Cc1ccc(-c2ccccc2)cc1. The third-order valence-corrected chi connectivity index (χ3v) is 3.63. The Morgan fingerprint density at radius 2 is 1.43 bits per heavy atom. The fourth-order valence-corrected chi connectivity index (χ4v) is 2.42. The minimum Gasteiger partial charge on any atom is -0.312 e. The first-order chi connectivity index (χ1) is 9.94. The van der Waals surface area contributed by atoms with E-state index in [2.05, 4.69) is 87.6 Å². The van der Waals surface area contributed by atoms with Crippen molar-refractivity contribution in [1.82, 2.24) is 5.32 Å². The molecular weight excluding hydrogens is 254 g/mol. The van der Waals surface area contributed by atoms with Crippen LogP contribution in [0.5, 0.6) is 0 Å². The van der Waals surface area contributed by atoms with Crippen LogP contribution < -0.4 is 5.32 Å². The van der Waals surface area contributed by atoms with Crippen LogP contribution in [0.25, 0.3) is 11.1 Å². The van der Waals surface area contributed by atoms with Crippen LogP contribution in [0, 0.1) is 5.92 Å². The molecule has 0 heterocycles. The minimum absolute atomic E-state index is 0.200. The molecule has 0 saturated heterocycles. The van der Waals surface area contributed by atoms with Gasteiger partial charge in [-0.3, -0.25) is 0 Å². The van der Waals surface area contributed by atoms with Crippen LogP contribution in [0.4, 0.5) is 0 Å². The van der Waals surface area contributed by atoms with Crippen LogP contribution in [0.1, 0.15) is 33.3 Å². The Morgan fingerprint density at radius 1 is 0.857 bits per heavy atom. The summed E-state index contributed by atoms with van der Waals surface area (Å²) < 4.78 is 0. The Hall–Kier alpha value is -1.60. The van der Waals surface area contributed by atoms with Gasteiger partial charge in [-0.15, -0.1) is 0 Å². The summed E-state index contributed by atoms with van der Waals surface area (Å²) in [5.41, 5.74) is 4.19. The van der Waals surface area contributed by atoms with Crippen LogP contribution in [-0.2, 0) is 6.42 Å². The molecule has 0 radical (unpaired) electrons. The summed E-state index contributed by atoms with van der Waals surface area (Å²) >= 11 is 0. The lowest BCUT2D eigenvalue weighted by atomic mass is 9.97. The van der Waals surface area contributed by atoms with Crippen LogP contribution >= 0.6 is 0 Å². The monoisotopic (exact) mass is 281 g/mol. The summed E-state index contributed by atoms with van der Waals surface area (Å²) in [7, 11) is 0. The second kappa shape index (κ2) is 6.91. The van der Waals surface area contributed by atoms with Gasteiger partial charge < -0.3 is 5.32 Å². The summed E-state index contributed by atoms with van der Waals surface area (Å²) in [5, 5.41) is 3.58. The summed E-state index contributed by atoms with van der Waals surface area (Å²) in [5.74, 6) is 0.645. The van der Waals surface area contributed by atoms with Gasteiger partial charge in [0.25, 0.3) is 0 Å². The second-order valence-corrected chi connectivity index (χ2v) is 7.00. The summed E-state index contributed by atoms with van der Waals surface area (Å²) in [6.45, 7) is 10.0. The number of hydrogen-bond donors (Lipinski definition) is 1. The van der Waals surface area contributed by atoms with Gasteiger partial charge in [-0.05, 0) is 56.3 Å². The maximum Gasteiger partial charge on any atom is 0.00966 e. The number of hydrogen-bond acceptors (Lipinski definition) is 1. The van der Waals surface area contributed by atoms with E-state index < -0.39 is 0 Å². The van der Waals surface area contributed by atoms with Crippen molar-refractivity contribution in [1.29, 1.82) is 0 Å². The zero-order chi connectivity index (χ0) is 15.3. The Labute approximate surface area is 129 Å². The lowest BCUT2D eigenvalue weighted by molar-refractivity contribution is 0.381. The molecule has 112 valence electrons. The first-order valence-electron chi connectivity index (χ1n) is 7.83. The standard InChI is InChI=1S/C20H27N/c1-16(15-21-20(2,3)4)14-17-10-12-19(13-11-17)18-8-6-5-7-9-18/h5-13,16,21H,14-15H2,1-4H3. The van der Waals surface area contributed by atoms with Gasteiger partial charge in [0.1, 0.15) is 0 Å². The van der Waals surface area contributed by atoms with E-state index in [9.17, 15) is 0 Å². The van der Waals surface area contributed by atoms with Crippen molar-refractivity contribution in [3.05, 3.63) is 60.2 Å². The average molecular weight is 281 g/mol. The molecule has 0 fully saturated rings. The van der Waals surface area contributed by atoms with E-state index in [-0.39, 0.29) is 5.54 Å². The van der Waals surface area contributed by atoms with Crippen molar-refractivity contribution in [2.75, 3.05) is 6.54 Å². The van der Waals surface area contributed by atoms with E-state index in [4.69, 9.17) is 0 Å². The van der Waals surface area contributed by atoms with Gasteiger partial charge in [-0.2, -0.15) is 0 Å². The predicted octanol–water partition coefficient (Wildman–Crippen LogP) is 4.92. The van der Waals surface area contributed by atoms with Gasteiger partial charge in [0.15, 0.2) is 0 Å². The molecule has 21 heavy (non-hydrogen) atoms. The Morgan fingerprint density at radius 3 is 2.00 bits per heavy atom. The first-order valence-corrected chi connectivity index (χ1v) is 7.83. The summed E-state index contributed by atoms with van der Waals surface area (Å²) in [6, 6.07) is 19.5. The number of nitrogens with one attached hydrogen (secondary N) is 1. The van der Waals surface area contributed by atoms with Gasteiger partial charge in [-0.25, -0.2) is 0 Å². The molecule has 2 aromatic rings. The van der Waals surface area contributed by atoms with E-state index in [1.807, 2.05) is 0 Å². The Kier molecular flexibility index (Phi) is 5.19. The molecule has 1 N–H and O–H groups in total. The van der Waals surface area contributed by atoms with Crippen molar-refractivity contribution >= 4 is 0 Å². The minimum atomic E-state index is 0.200. The fourth-order valence-electron chi connectivity index (χ4n) is 2.42. The third-order valence-electron chi connectivity index (χ3n) is 3.63. The average Bonchev–Trinajstić information content (AvgIpc) is 2.46. The zero-order valence-electron chi connectivity index (χ0n) is 13.7. The molecular formula is C20H27N. The molecule has 0 aromatic heterocycles. The van der Waals surface area contributed by atoms with Gasteiger partial charge in [0.2, 0.25) is 0 Å². The van der Waals surface area contributed by atoms with Crippen molar-refractivity contribution in [3.63, 3.8) is 0 Å². The van der Waals surface area contributed by atoms with E-state index in [1.165, 1.54) is 16.7 Å². The highest BCUT2D eigenvalue weighted by atomic mass is 14.9. The Balaban J connectivity index is 1.94. The van der Waals surface area contributed by atoms with Crippen molar-refractivity contribution in [3.8, 4) is 11.1 Å². The maximum atomic E-state index is 3.58. The van der Waals surface area contributed by atoms with Crippen molar-refractivity contribution < 1.29 is 0 Å². The highest BCUT2D eigenvalue weighted by Gasteiger charge is 2.11. The van der Waals surface area contributed by atoms with E-state index in [1.54, 1.807) is 0 Å². The molecule has 0 amide bonds. The van der Waals surface area contributed by atoms with Gasteiger partial charge >= 0.3 is 0 Å². The van der Waals surface area contributed by atoms with Gasteiger partial charge in [-0.1, -0.05) is 61.5 Å². The zero-order valence-corrected chi connectivity index (χ0v) is 13.7. The van der Waals surface area contributed by atoms with E-state index in [0.29, 0.717) is 5.92 Å². The molecule has 0 saturated carbocycles. The second-order valence-electron chi connectivity index (χ2n) is 7.00. The van der Waals surface area contributed by atoms with Crippen molar-refractivity contribution in [2.24, 2.45) is 5.92 Å². The summed E-state index contributed by atoms with van der Waals surface area (Å²) in [4.78, 5) is 0. The van der Waals surface area contributed by atoms with Gasteiger partial charge in [0.05, 0.1) is 0 Å². The van der Waals surface area contributed by atoms with Crippen LogP contribution in [0.2, 0.25) is 0 Å². The van der Waals surface area contributed by atoms with Crippen LogP contribution in [0.3, 0.4) is 0 Å². The fraction of sp³-hybridized carbons (Fsp3) is 0.400. The van der Waals surface area contributed by atoms with E-state index in [0.717, 1.165) is 13.0 Å². The van der Waals surface area contributed by atoms with E-state index >= 15 is 0 Å². The highest BCUT2D eigenvalue weighted by molar-refractivity contribution is 5.63. The molecule has 2 rings (SSSR count). The molecule has 1 unspecified atom stereocenters. The number of rotatable bonds is 5. The predicted molar refractivity (Wildman–Crippen MR) is 92.5 cm³/mol. The van der Waals surface area contributed by atoms with Gasteiger partial charge in [0, 0.05) is 5.54 Å². The first kappa shape index (κ1) is 15.8. The lowest BCUT2D eigenvalue weighted by Gasteiger charge is -2.23. The largest absolute Gasteiger partial charge is 0.312 e. The third kappa shape index (κ3) is 5.35. The smallest absolute Gasteiger partial charge is 0.00966 e. The molecule has 1 atom stereocenters. The quantitative estimate of drug-likeness (QED) is 0.820. The molecule has 0 bridgehead atoms. The summed E-state index contributed by atoms with van der Waals surface area (Å²) in [6.07, 6.45) is 1.12. The van der Waals surface area contributed by atoms with Crippen molar-refractivity contribution in [2.45, 2.75) is 39.7 Å². The molecule has 2 aromatic carbocycles. The molecule has 0 spiro atoms. The normalized spacial score (nSPS) is 13.1. The molecule has 1 heteroatoms.